The van der Waals surface area contributed by atoms with Gasteiger partial charge in [0.05, 0.1) is 0 Å². The van der Waals surface area contributed by atoms with E-state index >= 15 is 0 Å². The van der Waals surface area contributed by atoms with Crippen LogP contribution in [0.5, 0.6) is 0 Å². The normalized spacial score (nSPS) is 9.67. The molecule has 0 N–H and O–H groups in total. The molecule has 8 nitrogen and oxygen atoms in total. The second-order valence-electron chi connectivity index (χ2n) is 0.816. The molecule has 0 saturated carbocycles. The van der Waals surface area contributed by atoms with Gasteiger partial charge in [0.25, 0.3) is 0 Å². The fraction of sp³-hybridized carbons (Fsp3) is 0. The van der Waals surface area contributed by atoms with E-state index in [1.165, 1.54) is 0 Å². The van der Waals surface area contributed by atoms with Crippen LogP contribution in [0.2, 0.25) is 0 Å². The van der Waals surface area contributed by atoms with Crippen molar-refractivity contribution in [3.05, 3.63) is 0 Å². The molecular formula is Cr2Ni2O8. The van der Waals surface area contributed by atoms with Crippen molar-refractivity contribution in [2.24, 2.45) is 0 Å². The first-order valence-electron chi connectivity index (χ1n) is 1.33. The van der Waals surface area contributed by atoms with Gasteiger partial charge < -0.3 is 0 Å². The molecule has 0 saturated heterocycles. The van der Waals surface area contributed by atoms with Gasteiger partial charge in [-0.2, -0.15) is 0 Å². The summed E-state index contributed by atoms with van der Waals surface area (Å²) in [7, 11) is 0. The fourth-order valence-corrected chi connectivity index (χ4v) is 0. The number of hydrogen-bond acceptors (Lipinski definition) is 8. The second kappa shape index (κ2) is 8.68. The molecule has 0 atom stereocenters. The van der Waals surface area contributed by atoms with Crippen molar-refractivity contribution in [3.8, 4) is 0 Å². The quantitative estimate of drug-likeness (QED) is 0.392. The van der Waals surface area contributed by atoms with Crippen LogP contribution in [-0.2, 0) is 75.4 Å². The summed E-state index contributed by atoms with van der Waals surface area (Å²) in [6, 6.07) is 0. The van der Waals surface area contributed by atoms with Crippen molar-refractivity contribution in [3.63, 3.8) is 0 Å². The van der Waals surface area contributed by atoms with Gasteiger partial charge in [0.15, 0.2) is 0 Å². The summed E-state index contributed by atoms with van der Waals surface area (Å²) in [6.07, 6.45) is 0. The summed E-state index contributed by atoms with van der Waals surface area (Å²) in [4.78, 5) is 0. The Hall–Kier alpha value is 1.09. The molecule has 0 bridgehead atoms. The third-order valence-electron chi connectivity index (χ3n) is 0. The Labute approximate surface area is 91.6 Å². The van der Waals surface area contributed by atoms with E-state index in [0.29, 0.717) is 0 Å². The number of rotatable bonds is 0. The van der Waals surface area contributed by atoms with Gasteiger partial charge in [0, 0.05) is 0 Å². The zero-order valence-electron chi connectivity index (χ0n) is 4.71. The summed E-state index contributed by atoms with van der Waals surface area (Å²) < 4.78 is 68.8. The summed E-state index contributed by atoms with van der Waals surface area (Å²) in [6.45, 7) is 0. The van der Waals surface area contributed by atoms with Crippen LogP contribution in [0.15, 0.2) is 0 Å². The maximum absolute atomic E-state index is 8.59. The SMILES string of the molecule is [Ni+2].[Ni+2].[O]=[Cr](=[O])([O-])[O-].[O]=[Cr](=[O])([O-])[O-]. The Kier molecular flexibility index (Phi) is 16.7. The zero-order chi connectivity index (χ0) is 9.00. The molecular weight excluding hydrogens is 349 g/mol. The molecule has 12 heavy (non-hydrogen) atoms. The van der Waals surface area contributed by atoms with Gasteiger partial charge in [-0.1, -0.05) is 0 Å². The molecule has 0 amide bonds. The molecule has 0 heterocycles. The molecule has 0 aromatic rings. The molecule has 0 rings (SSSR count). The Balaban J connectivity index is -0.0000000457. The molecule has 0 aliphatic carbocycles. The summed E-state index contributed by atoms with van der Waals surface area (Å²) in [5, 5.41) is 0. The van der Waals surface area contributed by atoms with E-state index in [0.717, 1.165) is 0 Å². The van der Waals surface area contributed by atoms with Crippen molar-refractivity contribution in [1.82, 2.24) is 0 Å². The van der Waals surface area contributed by atoms with Gasteiger partial charge in [-0.15, -0.1) is 0 Å². The van der Waals surface area contributed by atoms with Crippen LogP contribution in [0, 0.1) is 0 Å². The van der Waals surface area contributed by atoms with E-state index < -0.39 is 27.2 Å². The van der Waals surface area contributed by atoms with E-state index in [1.54, 1.807) is 0 Å². The predicted molar refractivity (Wildman–Crippen MR) is 2.75 cm³/mol. The molecule has 0 fully saturated rings. The van der Waals surface area contributed by atoms with Gasteiger partial charge in [-0.05, 0) is 0 Å². The Morgan fingerprint density at radius 2 is 0.583 bits per heavy atom. The third-order valence-corrected chi connectivity index (χ3v) is 0. The first-order chi connectivity index (χ1) is 4.00. The van der Waals surface area contributed by atoms with Crippen molar-refractivity contribution >= 4 is 0 Å². The summed E-state index contributed by atoms with van der Waals surface area (Å²) >= 11 is -11.5. The zero-order valence-corrected chi connectivity index (χ0v) is 9.24. The van der Waals surface area contributed by atoms with E-state index in [4.69, 9.17) is 31.8 Å². The maximum atomic E-state index is 8.59. The first kappa shape index (κ1) is 23.2. The van der Waals surface area contributed by atoms with Crippen molar-refractivity contribution < 1.29 is 92.1 Å². The van der Waals surface area contributed by atoms with E-state index in [1.807, 2.05) is 0 Å². The van der Waals surface area contributed by atoms with Crippen molar-refractivity contribution in [1.29, 1.82) is 0 Å². The second-order valence-corrected chi connectivity index (χ2v) is 3.37. The van der Waals surface area contributed by atoms with E-state index in [9.17, 15) is 0 Å². The fourth-order valence-electron chi connectivity index (χ4n) is 0. The van der Waals surface area contributed by atoms with Crippen LogP contribution >= 0.6 is 0 Å². The average Bonchev–Trinajstić information content (AvgIpc) is 1.12. The summed E-state index contributed by atoms with van der Waals surface area (Å²) in [5.74, 6) is 0. The molecule has 0 aromatic heterocycles. The van der Waals surface area contributed by atoms with Crippen LogP contribution < -0.4 is 16.6 Å². The molecule has 0 aromatic carbocycles. The molecule has 0 aliphatic heterocycles. The Morgan fingerprint density at radius 1 is 0.583 bits per heavy atom. The van der Waals surface area contributed by atoms with Crippen LogP contribution in [0.4, 0.5) is 0 Å². The topological polar surface area (TPSA) is 161 Å². The van der Waals surface area contributed by atoms with E-state index in [2.05, 4.69) is 0 Å². The van der Waals surface area contributed by atoms with Crippen molar-refractivity contribution in [2.75, 3.05) is 0 Å². The minimum atomic E-state index is -5.75. The molecule has 0 unspecified atom stereocenters. The molecule has 0 radical (unpaired) electrons. The standard InChI is InChI=1S/2Cr.2Ni.8O/q;;2*+2;;;;;4*-1. The van der Waals surface area contributed by atoms with Crippen LogP contribution in [0.3, 0.4) is 0 Å². The molecule has 0 aliphatic rings. The first-order valence-corrected chi connectivity index (χ1v) is 5.50. The monoisotopic (exact) mass is 348 g/mol. The van der Waals surface area contributed by atoms with Gasteiger partial charge in [0.2, 0.25) is 0 Å². The Bertz CT molecular complexity index is 211. The van der Waals surface area contributed by atoms with Gasteiger partial charge in [0.1, 0.15) is 0 Å². The molecule has 12 heteroatoms. The summed E-state index contributed by atoms with van der Waals surface area (Å²) in [5.41, 5.74) is 0. The van der Waals surface area contributed by atoms with Gasteiger partial charge in [-0.25, -0.2) is 0 Å². The van der Waals surface area contributed by atoms with Crippen LogP contribution in [0.1, 0.15) is 0 Å². The number of hydrogen-bond donors (Lipinski definition) is 0. The van der Waals surface area contributed by atoms with Gasteiger partial charge >= 0.3 is 92.1 Å². The van der Waals surface area contributed by atoms with E-state index in [-0.39, 0.29) is 33.0 Å². The molecule has 0 spiro atoms. The Morgan fingerprint density at radius 3 is 0.583 bits per heavy atom. The third kappa shape index (κ3) is 947. The average molecular weight is 349 g/mol. The van der Waals surface area contributed by atoms with Crippen molar-refractivity contribution in [2.45, 2.75) is 0 Å². The minimum absolute atomic E-state index is 0. The van der Waals surface area contributed by atoms with Crippen LogP contribution in [-0.4, -0.2) is 0 Å². The van der Waals surface area contributed by atoms with Crippen LogP contribution in [0.25, 0.3) is 0 Å². The molecule has 80 valence electrons. The van der Waals surface area contributed by atoms with Gasteiger partial charge in [-0.3, -0.25) is 0 Å². The predicted octanol–water partition coefficient (Wildman–Crippen LogP) is -5.24.